The van der Waals surface area contributed by atoms with Crippen LogP contribution in [0.5, 0.6) is 5.75 Å². The maximum atomic E-state index is 14.6. The Morgan fingerprint density at radius 2 is 1.73 bits per heavy atom. The molecule has 1 saturated heterocycles. The summed E-state index contributed by atoms with van der Waals surface area (Å²) in [6, 6.07) is 3.18. The van der Waals surface area contributed by atoms with Gasteiger partial charge in [-0.2, -0.15) is 0 Å². The van der Waals surface area contributed by atoms with Crippen molar-refractivity contribution in [1.82, 2.24) is 10.2 Å². The third kappa shape index (κ3) is 5.47. The standard InChI is InChI=1S/C18H24F4N2O.ClH/c19-16-7-6-14(25-18(20,21)22)12-15(16)17(13-4-2-1-3-5-13)24-10-8-23-9-11-24;/h6-7,12-13,17,23H,1-5,8-11H2;1H/t17-;/m1./s1. The van der Waals surface area contributed by atoms with Crippen molar-refractivity contribution in [3.63, 3.8) is 0 Å². The van der Waals surface area contributed by atoms with Crippen molar-refractivity contribution >= 4 is 12.4 Å². The number of nitrogens with zero attached hydrogens (tertiary/aromatic N) is 1. The third-order valence-corrected chi connectivity index (χ3v) is 5.16. The second kappa shape index (κ2) is 9.24. The lowest BCUT2D eigenvalue weighted by molar-refractivity contribution is -0.274. The minimum Gasteiger partial charge on any atom is -0.406 e. The molecular formula is C18H25ClF4N2O. The Morgan fingerprint density at radius 3 is 2.35 bits per heavy atom. The van der Waals surface area contributed by atoms with Crippen molar-refractivity contribution in [2.45, 2.75) is 44.5 Å². The summed E-state index contributed by atoms with van der Waals surface area (Å²) in [6.07, 6.45) is 0.549. The molecule has 3 rings (SSSR count). The minimum atomic E-state index is -4.77. The number of hydrogen-bond acceptors (Lipinski definition) is 3. The maximum absolute atomic E-state index is 14.6. The van der Waals surface area contributed by atoms with Crippen LogP contribution in [-0.4, -0.2) is 37.4 Å². The first-order valence-corrected chi connectivity index (χ1v) is 8.94. The monoisotopic (exact) mass is 396 g/mol. The van der Waals surface area contributed by atoms with Gasteiger partial charge in [-0.25, -0.2) is 4.39 Å². The molecule has 0 radical (unpaired) electrons. The average molecular weight is 397 g/mol. The minimum absolute atomic E-state index is 0. The molecule has 2 aliphatic rings. The predicted octanol–water partition coefficient (Wildman–Crippen LogP) is 4.67. The van der Waals surface area contributed by atoms with Gasteiger partial charge in [0.25, 0.3) is 0 Å². The fourth-order valence-electron chi connectivity index (χ4n) is 4.10. The quantitative estimate of drug-likeness (QED) is 0.748. The molecule has 1 atom stereocenters. The molecule has 0 spiro atoms. The Kier molecular flexibility index (Phi) is 7.55. The SMILES string of the molecule is Cl.Fc1ccc(OC(F)(F)F)cc1[C@@H](C1CCCCC1)N1CCNCC1. The summed E-state index contributed by atoms with van der Waals surface area (Å²) in [7, 11) is 0. The number of benzene rings is 1. The smallest absolute Gasteiger partial charge is 0.406 e. The Labute approximate surface area is 157 Å². The molecule has 0 amide bonds. The number of hydrogen-bond donors (Lipinski definition) is 1. The Hall–Kier alpha value is -1.05. The van der Waals surface area contributed by atoms with E-state index in [0.29, 0.717) is 5.56 Å². The molecule has 1 heterocycles. The molecule has 1 aromatic carbocycles. The fourth-order valence-corrected chi connectivity index (χ4v) is 4.10. The number of rotatable bonds is 4. The summed E-state index contributed by atoms with van der Waals surface area (Å²) in [4.78, 5) is 2.21. The Bertz CT molecular complexity index is 555. The summed E-state index contributed by atoms with van der Waals surface area (Å²) < 4.78 is 56.3. The van der Waals surface area contributed by atoms with Crippen LogP contribution in [0.1, 0.15) is 43.7 Å². The Balaban J connectivity index is 0.00000243. The van der Waals surface area contributed by atoms with Crippen LogP contribution in [0.15, 0.2) is 18.2 Å². The van der Waals surface area contributed by atoms with E-state index in [4.69, 9.17) is 0 Å². The van der Waals surface area contributed by atoms with Gasteiger partial charge in [0.2, 0.25) is 0 Å². The largest absolute Gasteiger partial charge is 0.573 e. The zero-order valence-corrected chi connectivity index (χ0v) is 15.3. The zero-order chi connectivity index (χ0) is 17.9. The van der Waals surface area contributed by atoms with Crippen LogP contribution in [-0.2, 0) is 0 Å². The number of nitrogens with one attached hydrogen (secondary N) is 1. The van der Waals surface area contributed by atoms with Crippen LogP contribution in [0.25, 0.3) is 0 Å². The van der Waals surface area contributed by atoms with E-state index in [1.165, 1.54) is 12.5 Å². The van der Waals surface area contributed by atoms with Gasteiger partial charge in [-0.3, -0.25) is 4.90 Å². The van der Waals surface area contributed by atoms with Crippen LogP contribution in [0, 0.1) is 11.7 Å². The van der Waals surface area contributed by atoms with Crippen molar-refractivity contribution in [3.05, 3.63) is 29.6 Å². The van der Waals surface area contributed by atoms with E-state index in [-0.39, 0.29) is 30.1 Å². The Morgan fingerprint density at radius 1 is 1.08 bits per heavy atom. The van der Waals surface area contributed by atoms with Gasteiger partial charge >= 0.3 is 6.36 Å². The lowest BCUT2D eigenvalue weighted by Crippen LogP contribution is -2.47. The summed E-state index contributed by atoms with van der Waals surface area (Å²) in [6.45, 7) is 3.16. The molecule has 1 N–H and O–H groups in total. The molecule has 26 heavy (non-hydrogen) atoms. The second-order valence-corrected chi connectivity index (χ2v) is 6.86. The molecule has 1 aliphatic carbocycles. The van der Waals surface area contributed by atoms with Crippen molar-refractivity contribution in [3.8, 4) is 5.75 Å². The van der Waals surface area contributed by atoms with E-state index >= 15 is 0 Å². The van der Waals surface area contributed by atoms with E-state index in [1.807, 2.05) is 0 Å². The average Bonchev–Trinajstić information content (AvgIpc) is 2.59. The molecule has 1 aliphatic heterocycles. The van der Waals surface area contributed by atoms with E-state index in [0.717, 1.165) is 64.0 Å². The van der Waals surface area contributed by atoms with Crippen molar-refractivity contribution < 1.29 is 22.3 Å². The van der Waals surface area contributed by atoms with Gasteiger partial charge in [-0.1, -0.05) is 19.3 Å². The van der Waals surface area contributed by atoms with Crippen LogP contribution in [0.4, 0.5) is 17.6 Å². The van der Waals surface area contributed by atoms with E-state index in [9.17, 15) is 17.6 Å². The van der Waals surface area contributed by atoms with Gasteiger partial charge in [0, 0.05) is 37.8 Å². The summed E-state index contributed by atoms with van der Waals surface area (Å²) in [5.41, 5.74) is 0.329. The molecule has 1 saturated carbocycles. The van der Waals surface area contributed by atoms with Crippen molar-refractivity contribution in [2.75, 3.05) is 26.2 Å². The number of ether oxygens (including phenoxy) is 1. The van der Waals surface area contributed by atoms with Gasteiger partial charge in [-0.15, -0.1) is 25.6 Å². The first-order chi connectivity index (χ1) is 11.9. The van der Waals surface area contributed by atoms with Gasteiger partial charge in [0.15, 0.2) is 0 Å². The normalized spacial score (nSPS) is 21.1. The van der Waals surface area contributed by atoms with Crippen LogP contribution in [0.2, 0.25) is 0 Å². The van der Waals surface area contributed by atoms with Crippen molar-refractivity contribution in [1.29, 1.82) is 0 Å². The summed E-state index contributed by atoms with van der Waals surface area (Å²) >= 11 is 0. The lowest BCUT2D eigenvalue weighted by atomic mass is 9.80. The second-order valence-electron chi connectivity index (χ2n) is 6.86. The first-order valence-electron chi connectivity index (χ1n) is 8.94. The zero-order valence-electron chi connectivity index (χ0n) is 14.5. The third-order valence-electron chi connectivity index (χ3n) is 5.16. The molecule has 0 bridgehead atoms. The number of alkyl halides is 3. The highest BCUT2D eigenvalue weighted by Gasteiger charge is 2.35. The highest BCUT2D eigenvalue weighted by molar-refractivity contribution is 5.85. The van der Waals surface area contributed by atoms with Crippen LogP contribution >= 0.6 is 12.4 Å². The van der Waals surface area contributed by atoms with E-state index in [1.54, 1.807) is 0 Å². The van der Waals surface area contributed by atoms with Gasteiger partial charge in [-0.05, 0) is 37.0 Å². The molecule has 148 valence electrons. The summed E-state index contributed by atoms with van der Waals surface area (Å²) in [5.74, 6) is -0.536. The molecule has 1 aromatic rings. The topological polar surface area (TPSA) is 24.5 Å². The highest BCUT2D eigenvalue weighted by atomic mass is 35.5. The maximum Gasteiger partial charge on any atom is 0.573 e. The molecular weight excluding hydrogens is 372 g/mol. The van der Waals surface area contributed by atoms with Gasteiger partial charge < -0.3 is 10.1 Å². The molecule has 2 fully saturated rings. The lowest BCUT2D eigenvalue weighted by Gasteiger charge is -2.41. The number of halogens is 5. The van der Waals surface area contributed by atoms with E-state index in [2.05, 4.69) is 15.0 Å². The molecule has 8 heteroatoms. The number of piperazine rings is 1. The molecule has 0 unspecified atom stereocenters. The molecule has 0 aromatic heterocycles. The van der Waals surface area contributed by atoms with E-state index < -0.39 is 12.2 Å². The van der Waals surface area contributed by atoms with Gasteiger partial charge in [0.05, 0.1) is 0 Å². The fraction of sp³-hybridized carbons (Fsp3) is 0.667. The van der Waals surface area contributed by atoms with Crippen LogP contribution in [0.3, 0.4) is 0 Å². The predicted molar refractivity (Wildman–Crippen MR) is 94.1 cm³/mol. The summed E-state index contributed by atoms with van der Waals surface area (Å²) in [5, 5.41) is 3.27. The van der Waals surface area contributed by atoms with Gasteiger partial charge in [0.1, 0.15) is 11.6 Å². The highest BCUT2D eigenvalue weighted by Crippen LogP contribution is 2.40. The van der Waals surface area contributed by atoms with Crippen LogP contribution < -0.4 is 10.1 Å². The first kappa shape index (κ1) is 21.3. The molecule has 3 nitrogen and oxygen atoms in total. The van der Waals surface area contributed by atoms with Crippen molar-refractivity contribution in [2.24, 2.45) is 5.92 Å².